The number of nitro benzene ring substituents is 2. The Morgan fingerprint density at radius 1 is 0.776 bits per heavy atom. The summed E-state index contributed by atoms with van der Waals surface area (Å²) in [7, 11) is 1.33. The first-order chi connectivity index (χ1) is 27.7. The lowest BCUT2D eigenvalue weighted by Gasteiger charge is -2.25. The van der Waals surface area contributed by atoms with Gasteiger partial charge in [-0.15, -0.1) is 0 Å². The van der Waals surface area contributed by atoms with Gasteiger partial charge in [-0.05, 0) is 80.4 Å². The number of esters is 4. The number of rotatable bonds is 9. The van der Waals surface area contributed by atoms with Gasteiger partial charge in [-0.25, -0.2) is 19.2 Å². The maximum atomic E-state index is 13.9. The first-order valence-corrected chi connectivity index (χ1v) is 19.1. The molecule has 300 valence electrons. The van der Waals surface area contributed by atoms with Gasteiger partial charge in [-0.3, -0.25) is 20.2 Å². The zero-order chi connectivity index (χ0) is 41.7. The van der Waals surface area contributed by atoms with Crippen molar-refractivity contribution in [2.24, 2.45) is 0 Å². The standard InChI is InChI=1S/C40H32Br2N2O14/c1-21-4-3-5-31(56-37(45)22-6-10-25(41)11-7-22)32(57-38(46)23-8-12-26(42)13-9-23)14-15-33-36(55-33)30-19-29(53-2)20-34(35(30)40(48)54-21)58-39(47)24-16-27(43(49)50)18-28(17-24)44(51)52/h3,5-13,16-21,31-33,36H,4,14-15H2,1-2H3/b5-3+/t21-,31-,32-,33+,36-/m0/s1. The lowest BCUT2D eigenvalue weighted by molar-refractivity contribution is -0.394. The third kappa shape index (κ3) is 10.1. The largest absolute Gasteiger partial charge is 0.497 e. The number of carbonyl (C=O) groups excluding carboxylic acids is 4. The lowest BCUT2D eigenvalue weighted by Crippen LogP contribution is -2.34. The summed E-state index contributed by atoms with van der Waals surface area (Å²) >= 11 is 6.71. The molecule has 58 heavy (non-hydrogen) atoms. The molecule has 1 fully saturated rings. The monoisotopic (exact) mass is 922 g/mol. The number of nitro groups is 2. The van der Waals surface area contributed by atoms with Crippen molar-refractivity contribution in [2.45, 2.75) is 56.7 Å². The van der Waals surface area contributed by atoms with E-state index in [1.807, 2.05) is 0 Å². The zero-order valence-corrected chi connectivity index (χ0v) is 33.7. The van der Waals surface area contributed by atoms with E-state index in [9.17, 15) is 39.4 Å². The van der Waals surface area contributed by atoms with E-state index in [1.165, 1.54) is 19.2 Å². The molecule has 2 aliphatic heterocycles. The Morgan fingerprint density at radius 2 is 1.36 bits per heavy atom. The molecule has 16 nitrogen and oxygen atoms in total. The number of hydrogen-bond donors (Lipinski definition) is 0. The molecular formula is C40H32Br2N2O14. The second kappa shape index (κ2) is 18.1. The van der Waals surface area contributed by atoms with Crippen LogP contribution in [0.2, 0.25) is 0 Å². The number of halogens is 2. The molecule has 5 atom stereocenters. The van der Waals surface area contributed by atoms with Crippen LogP contribution in [0.25, 0.3) is 0 Å². The van der Waals surface area contributed by atoms with Crippen molar-refractivity contribution in [1.29, 1.82) is 0 Å². The van der Waals surface area contributed by atoms with Crippen LogP contribution in [0, 0.1) is 20.2 Å². The fraction of sp³-hybridized carbons (Fsp3) is 0.250. The molecule has 0 radical (unpaired) electrons. The zero-order valence-electron chi connectivity index (χ0n) is 30.5. The van der Waals surface area contributed by atoms with Gasteiger partial charge in [-0.1, -0.05) is 37.9 Å². The minimum Gasteiger partial charge on any atom is -0.497 e. The molecule has 0 saturated carbocycles. The second-order valence-corrected chi connectivity index (χ2v) is 14.9. The van der Waals surface area contributed by atoms with Gasteiger partial charge in [0, 0.05) is 39.1 Å². The maximum absolute atomic E-state index is 13.9. The molecule has 0 spiro atoms. The van der Waals surface area contributed by atoms with E-state index in [-0.39, 0.29) is 53.0 Å². The lowest BCUT2D eigenvalue weighted by atomic mass is 9.97. The van der Waals surface area contributed by atoms with Gasteiger partial charge in [0.25, 0.3) is 11.4 Å². The first kappa shape index (κ1) is 41.6. The summed E-state index contributed by atoms with van der Waals surface area (Å²) in [6, 6.07) is 18.1. The average Bonchev–Trinajstić information content (AvgIpc) is 3.98. The van der Waals surface area contributed by atoms with Crippen LogP contribution in [-0.2, 0) is 18.9 Å². The number of nitrogens with zero attached hydrogens (tertiary/aromatic N) is 2. The van der Waals surface area contributed by atoms with E-state index in [2.05, 4.69) is 31.9 Å². The summed E-state index contributed by atoms with van der Waals surface area (Å²) in [4.78, 5) is 75.5. The fourth-order valence-electron chi connectivity index (χ4n) is 6.09. The quantitative estimate of drug-likeness (QED) is 0.0293. The van der Waals surface area contributed by atoms with E-state index in [1.54, 1.807) is 67.6 Å². The topological polar surface area (TPSA) is 213 Å². The molecule has 2 heterocycles. The van der Waals surface area contributed by atoms with Gasteiger partial charge in [0.2, 0.25) is 0 Å². The highest BCUT2D eigenvalue weighted by Crippen LogP contribution is 2.47. The van der Waals surface area contributed by atoms with Crippen molar-refractivity contribution in [3.63, 3.8) is 0 Å². The van der Waals surface area contributed by atoms with Crippen LogP contribution in [-0.4, -0.2) is 65.2 Å². The number of methoxy groups -OCH3 is 1. The van der Waals surface area contributed by atoms with Crippen molar-refractivity contribution in [3.8, 4) is 11.5 Å². The SMILES string of the molecule is COc1cc(OC(=O)c2cc([N+](=O)[O-])cc([N+](=O)[O-])c2)c2c(c1)[C@@H]1O[C@@H]1CC[C@H](OC(=O)c1ccc(Br)cc1)[C@@H](OC(=O)c1ccc(Br)cc1)/C=C/C[C@H](C)OC2=O. The Morgan fingerprint density at radius 3 is 1.93 bits per heavy atom. The molecule has 1 saturated heterocycles. The van der Waals surface area contributed by atoms with Gasteiger partial charge < -0.3 is 28.4 Å². The van der Waals surface area contributed by atoms with E-state index >= 15 is 0 Å². The highest BCUT2D eigenvalue weighted by atomic mass is 79.9. The molecule has 0 amide bonds. The van der Waals surface area contributed by atoms with Crippen LogP contribution in [0.1, 0.15) is 79.3 Å². The van der Waals surface area contributed by atoms with Crippen LogP contribution < -0.4 is 9.47 Å². The smallest absolute Gasteiger partial charge is 0.344 e. The number of benzene rings is 4. The summed E-state index contributed by atoms with van der Waals surface area (Å²) in [5.41, 5.74) is -1.46. The van der Waals surface area contributed by atoms with Crippen LogP contribution in [0.5, 0.6) is 11.5 Å². The third-order valence-corrected chi connectivity index (χ3v) is 10.1. The first-order valence-electron chi connectivity index (χ1n) is 17.5. The summed E-state index contributed by atoms with van der Waals surface area (Å²) in [6.45, 7) is 1.59. The summed E-state index contributed by atoms with van der Waals surface area (Å²) < 4.78 is 36.4. The number of epoxide rings is 1. The molecule has 0 aromatic heterocycles. The summed E-state index contributed by atoms with van der Waals surface area (Å²) in [6.07, 6.45) is -0.709. The number of fused-ring (bicyclic) bond motifs is 3. The molecule has 6 rings (SSSR count). The van der Waals surface area contributed by atoms with Crippen molar-refractivity contribution < 1.29 is 57.4 Å². The number of hydrogen-bond acceptors (Lipinski definition) is 14. The number of ether oxygens (including phenoxy) is 6. The molecule has 0 N–H and O–H groups in total. The molecule has 4 aromatic rings. The average molecular weight is 925 g/mol. The maximum Gasteiger partial charge on any atom is 0.344 e. The van der Waals surface area contributed by atoms with Crippen molar-refractivity contribution in [2.75, 3.05) is 7.11 Å². The minimum atomic E-state index is -1.24. The van der Waals surface area contributed by atoms with Crippen molar-refractivity contribution in [3.05, 3.63) is 148 Å². The molecule has 4 aromatic carbocycles. The van der Waals surface area contributed by atoms with E-state index < -0.39 is 81.2 Å². The van der Waals surface area contributed by atoms with E-state index in [4.69, 9.17) is 28.4 Å². The van der Waals surface area contributed by atoms with E-state index in [0.29, 0.717) is 6.07 Å². The molecule has 2 aliphatic rings. The van der Waals surface area contributed by atoms with Crippen LogP contribution in [0.15, 0.2) is 100.0 Å². The molecule has 0 bridgehead atoms. The third-order valence-electron chi connectivity index (χ3n) is 9.06. The Labute approximate surface area is 346 Å². The highest BCUT2D eigenvalue weighted by molar-refractivity contribution is 9.10. The normalized spacial score (nSPS) is 20.8. The number of carbonyl (C=O) groups is 4. The Balaban J connectivity index is 1.34. The fourth-order valence-corrected chi connectivity index (χ4v) is 6.62. The Hall–Kier alpha value is -5.98. The second-order valence-electron chi connectivity index (χ2n) is 13.1. The van der Waals surface area contributed by atoms with Gasteiger partial charge in [0.05, 0.1) is 45.8 Å². The van der Waals surface area contributed by atoms with Gasteiger partial charge in [0.15, 0.2) is 6.10 Å². The Kier molecular flexibility index (Phi) is 13.0. The van der Waals surface area contributed by atoms with Gasteiger partial charge in [-0.2, -0.15) is 0 Å². The number of cyclic esters (lactones) is 1. The molecule has 18 heteroatoms. The predicted octanol–water partition coefficient (Wildman–Crippen LogP) is 8.43. The molecule has 0 aliphatic carbocycles. The summed E-state index contributed by atoms with van der Waals surface area (Å²) in [5, 5.41) is 23.0. The molecular weight excluding hydrogens is 892 g/mol. The van der Waals surface area contributed by atoms with Gasteiger partial charge in [0.1, 0.15) is 35.4 Å². The van der Waals surface area contributed by atoms with Gasteiger partial charge >= 0.3 is 23.9 Å². The van der Waals surface area contributed by atoms with Crippen LogP contribution in [0.4, 0.5) is 11.4 Å². The van der Waals surface area contributed by atoms with Crippen molar-refractivity contribution >= 4 is 67.1 Å². The molecule has 0 unspecified atom stereocenters. The minimum absolute atomic E-state index is 0.0893. The predicted molar refractivity (Wildman–Crippen MR) is 210 cm³/mol. The summed E-state index contributed by atoms with van der Waals surface area (Å²) in [5.74, 6) is -3.72. The van der Waals surface area contributed by atoms with Crippen LogP contribution in [0.3, 0.4) is 0 Å². The number of non-ortho nitro benzene ring substituents is 2. The Bertz CT molecular complexity index is 2270. The highest BCUT2D eigenvalue weighted by Gasteiger charge is 2.45. The van der Waals surface area contributed by atoms with Crippen LogP contribution >= 0.6 is 31.9 Å². The van der Waals surface area contributed by atoms with Crippen molar-refractivity contribution in [1.82, 2.24) is 0 Å². The van der Waals surface area contributed by atoms with E-state index in [0.717, 1.165) is 21.1 Å².